The van der Waals surface area contributed by atoms with Gasteiger partial charge in [0.1, 0.15) is 6.04 Å². The molecule has 0 aromatic carbocycles. The molecule has 2 atom stereocenters. The van der Waals surface area contributed by atoms with Crippen LogP contribution in [0, 0.1) is 0 Å². The highest BCUT2D eigenvalue weighted by molar-refractivity contribution is 5.87. The molecular weight excluding hydrogens is 422 g/mol. The fourth-order valence-corrected chi connectivity index (χ4v) is 3.29. The SMILES string of the molecule is COC(=O)C[C@H](NC(=O)CCC/C=C\CCCCCCC/C=C\CCC[C@H](C)O)C(=O)OC. The van der Waals surface area contributed by atoms with E-state index in [2.05, 4.69) is 39.1 Å². The lowest BCUT2D eigenvalue weighted by Crippen LogP contribution is -2.43. The van der Waals surface area contributed by atoms with Crippen molar-refractivity contribution in [2.45, 2.75) is 109 Å². The Morgan fingerprint density at radius 3 is 1.82 bits per heavy atom. The Kier molecular flexibility index (Phi) is 20.3. The number of hydrogen-bond donors (Lipinski definition) is 2. The number of carbonyl (C=O) groups is 3. The lowest BCUT2D eigenvalue weighted by Gasteiger charge is -2.15. The zero-order valence-electron chi connectivity index (χ0n) is 20.9. The second kappa shape index (κ2) is 21.7. The number of carbonyl (C=O) groups excluding carboxylic acids is 3. The van der Waals surface area contributed by atoms with Gasteiger partial charge >= 0.3 is 11.9 Å². The number of nitrogens with one attached hydrogen (secondary N) is 1. The number of esters is 2. The number of methoxy groups -OCH3 is 2. The fourth-order valence-electron chi connectivity index (χ4n) is 3.29. The Morgan fingerprint density at radius 2 is 1.30 bits per heavy atom. The minimum Gasteiger partial charge on any atom is -0.469 e. The monoisotopic (exact) mass is 467 g/mol. The summed E-state index contributed by atoms with van der Waals surface area (Å²) >= 11 is 0. The molecule has 0 heterocycles. The van der Waals surface area contributed by atoms with Crippen LogP contribution in [0.1, 0.15) is 96.8 Å². The second-order valence-electron chi connectivity index (χ2n) is 8.38. The molecule has 0 saturated heterocycles. The van der Waals surface area contributed by atoms with Crippen molar-refractivity contribution in [3.8, 4) is 0 Å². The third kappa shape index (κ3) is 20.2. The van der Waals surface area contributed by atoms with Crippen molar-refractivity contribution in [2.75, 3.05) is 14.2 Å². The third-order valence-corrected chi connectivity index (χ3v) is 5.26. The first kappa shape index (κ1) is 30.9. The number of unbranched alkanes of at least 4 members (excludes halogenated alkanes) is 8. The van der Waals surface area contributed by atoms with Gasteiger partial charge in [-0.25, -0.2) is 4.79 Å². The topological polar surface area (TPSA) is 102 Å². The zero-order valence-corrected chi connectivity index (χ0v) is 20.9. The fraction of sp³-hybridized carbons (Fsp3) is 0.731. The van der Waals surface area contributed by atoms with Crippen LogP contribution in [0.25, 0.3) is 0 Å². The van der Waals surface area contributed by atoms with Crippen LogP contribution >= 0.6 is 0 Å². The summed E-state index contributed by atoms with van der Waals surface area (Å²) in [7, 11) is 2.44. The molecule has 1 amide bonds. The Balaban J connectivity index is 3.66. The van der Waals surface area contributed by atoms with Gasteiger partial charge in [-0.15, -0.1) is 0 Å². The van der Waals surface area contributed by atoms with Crippen LogP contribution in [0.5, 0.6) is 0 Å². The average Bonchev–Trinajstić information content (AvgIpc) is 2.79. The molecule has 0 aliphatic heterocycles. The van der Waals surface area contributed by atoms with Gasteiger partial charge in [-0.3, -0.25) is 9.59 Å². The first-order chi connectivity index (χ1) is 15.9. The van der Waals surface area contributed by atoms with Crippen LogP contribution in [0.4, 0.5) is 0 Å². The molecule has 0 fully saturated rings. The molecule has 0 rings (SSSR count). The molecule has 190 valence electrons. The van der Waals surface area contributed by atoms with Gasteiger partial charge in [0, 0.05) is 6.42 Å². The molecule has 0 saturated carbocycles. The quantitative estimate of drug-likeness (QED) is 0.152. The standard InChI is InChI=1S/C26H45NO6/c1-22(28)19-17-15-13-11-9-7-5-4-6-8-10-12-14-16-18-20-24(29)27-23(26(31)33-3)21-25(30)32-2/h11-14,22-23,28H,4-10,15-21H2,1-3H3,(H,27,29)/b13-11-,14-12-/t22-,23-/m0/s1. The minimum atomic E-state index is -1.01. The highest BCUT2D eigenvalue weighted by atomic mass is 16.5. The molecular formula is C26H45NO6. The number of ether oxygens (including phenoxy) is 2. The predicted molar refractivity (Wildman–Crippen MR) is 131 cm³/mol. The Labute approximate surface area is 200 Å². The van der Waals surface area contributed by atoms with Gasteiger partial charge < -0.3 is 19.9 Å². The van der Waals surface area contributed by atoms with Crippen molar-refractivity contribution in [3.63, 3.8) is 0 Å². The molecule has 0 aliphatic carbocycles. The molecule has 0 radical (unpaired) electrons. The van der Waals surface area contributed by atoms with E-state index in [-0.39, 0.29) is 24.9 Å². The number of amides is 1. The van der Waals surface area contributed by atoms with Crippen molar-refractivity contribution in [2.24, 2.45) is 0 Å². The van der Waals surface area contributed by atoms with Gasteiger partial charge in [0.2, 0.25) is 5.91 Å². The normalized spacial score (nSPS) is 13.2. The van der Waals surface area contributed by atoms with E-state index in [4.69, 9.17) is 0 Å². The lowest BCUT2D eigenvalue weighted by atomic mass is 10.1. The van der Waals surface area contributed by atoms with Crippen LogP contribution in [0.2, 0.25) is 0 Å². The molecule has 0 aromatic rings. The van der Waals surface area contributed by atoms with Crippen LogP contribution in [0.3, 0.4) is 0 Å². The molecule has 2 N–H and O–H groups in total. The van der Waals surface area contributed by atoms with Gasteiger partial charge in [0.25, 0.3) is 0 Å². The summed E-state index contributed by atoms with van der Waals surface area (Å²) < 4.78 is 9.16. The number of hydrogen-bond acceptors (Lipinski definition) is 6. The largest absolute Gasteiger partial charge is 0.469 e. The first-order valence-electron chi connectivity index (χ1n) is 12.3. The Bertz CT molecular complexity index is 585. The maximum absolute atomic E-state index is 12.0. The lowest BCUT2D eigenvalue weighted by molar-refractivity contribution is -0.150. The van der Waals surface area contributed by atoms with Crippen molar-refractivity contribution >= 4 is 17.8 Å². The predicted octanol–water partition coefficient (Wildman–Crippen LogP) is 4.77. The summed E-state index contributed by atoms with van der Waals surface area (Å²) in [6.07, 6.45) is 21.5. The summed E-state index contributed by atoms with van der Waals surface area (Å²) in [5, 5.41) is 11.7. The molecule has 0 aliphatic rings. The molecule has 0 unspecified atom stereocenters. The minimum absolute atomic E-state index is 0.187. The van der Waals surface area contributed by atoms with E-state index in [1.807, 2.05) is 6.92 Å². The zero-order chi connectivity index (χ0) is 24.7. The first-order valence-corrected chi connectivity index (χ1v) is 12.3. The van der Waals surface area contributed by atoms with Crippen molar-refractivity contribution in [1.82, 2.24) is 5.32 Å². The van der Waals surface area contributed by atoms with Crippen LogP contribution in [-0.2, 0) is 23.9 Å². The van der Waals surface area contributed by atoms with Gasteiger partial charge in [-0.1, -0.05) is 43.6 Å². The second-order valence-corrected chi connectivity index (χ2v) is 8.38. The van der Waals surface area contributed by atoms with Crippen LogP contribution in [0.15, 0.2) is 24.3 Å². The summed E-state index contributed by atoms with van der Waals surface area (Å²) in [6.45, 7) is 1.84. The van der Waals surface area contributed by atoms with Crippen molar-refractivity contribution in [1.29, 1.82) is 0 Å². The van der Waals surface area contributed by atoms with E-state index in [1.54, 1.807) is 0 Å². The van der Waals surface area contributed by atoms with E-state index in [0.717, 1.165) is 38.5 Å². The molecule has 0 bridgehead atoms. The van der Waals surface area contributed by atoms with E-state index in [0.29, 0.717) is 6.42 Å². The molecule has 0 spiro atoms. The summed E-state index contributed by atoms with van der Waals surface area (Å²) in [6, 6.07) is -1.01. The summed E-state index contributed by atoms with van der Waals surface area (Å²) in [5.41, 5.74) is 0. The highest BCUT2D eigenvalue weighted by Gasteiger charge is 2.24. The van der Waals surface area contributed by atoms with Crippen LogP contribution in [-0.4, -0.2) is 49.3 Å². The van der Waals surface area contributed by atoms with Crippen LogP contribution < -0.4 is 5.32 Å². The van der Waals surface area contributed by atoms with E-state index < -0.39 is 18.0 Å². The number of rotatable bonds is 20. The van der Waals surface area contributed by atoms with Crippen molar-refractivity contribution in [3.05, 3.63) is 24.3 Å². The van der Waals surface area contributed by atoms with Gasteiger partial charge in [0.05, 0.1) is 26.7 Å². The maximum Gasteiger partial charge on any atom is 0.328 e. The van der Waals surface area contributed by atoms with E-state index in [1.165, 1.54) is 46.3 Å². The van der Waals surface area contributed by atoms with Gasteiger partial charge in [-0.2, -0.15) is 0 Å². The van der Waals surface area contributed by atoms with Gasteiger partial charge in [0.15, 0.2) is 0 Å². The smallest absolute Gasteiger partial charge is 0.328 e. The molecule has 7 heteroatoms. The molecule has 7 nitrogen and oxygen atoms in total. The number of allylic oxidation sites excluding steroid dienone is 4. The Morgan fingerprint density at radius 1 is 0.788 bits per heavy atom. The summed E-state index contributed by atoms with van der Waals surface area (Å²) in [4.78, 5) is 35.0. The van der Waals surface area contributed by atoms with E-state index >= 15 is 0 Å². The highest BCUT2D eigenvalue weighted by Crippen LogP contribution is 2.09. The number of aliphatic hydroxyl groups is 1. The Hall–Kier alpha value is -2.15. The van der Waals surface area contributed by atoms with Crippen molar-refractivity contribution < 1.29 is 29.0 Å². The van der Waals surface area contributed by atoms with E-state index in [9.17, 15) is 19.5 Å². The maximum atomic E-state index is 12.0. The summed E-state index contributed by atoms with van der Waals surface area (Å²) in [5.74, 6) is -1.52. The molecule has 33 heavy (non-hydrogen) atoms. The third-order valence-electron chi connectivity index (χ3n) is 5.26. The average molecular weight is 468 g/mol. The van der Waals surface area contributed by atoms with Gasteiger partial charge in [-0.05, 0) is 64.7 Å². The molecule has 0 aromatic heterocycles. The number of aliphatic hydroxyl groups excluding tert-OH is 1.